The van der Waals surface area contributed by atoms with Crippen molar-refractivity contribution in [1.29, 1.82) is 0 Å². The van der Waals surface area contributed by atoms with Crippen LogP contribution in [0.5, 0.6) is 0 Å². The van der Waals surface area contributed by atoms with Crippen molar-refractivity contribution >= 4 is 28.9 Å². The molecule has 4 nitrogen and oxygen atoms in total. The second kappa shape index (κ2) is 4.27. The standard InChI is InChI=1S/C10H9ClN2O2S/c1-5-12-8(9(11)13-5)6-3-7(16-4-6)10(14)15-2/h3-4H,1-2H3,(H,12,13). The van der Waals surface area contributed by atoms with Crippen LogP contribution in [0.4, 0.5) is 0 Å². The van der Waals surface area contributed by atoms with Gasteiger partial charge in [-0.3, -0.25) is 0 Å². The zero-order chi connectivity index (χ0) is 11.7. The van der Waals surface area contributed by atoms with Crippen LogP contribution in [0.15, 0.2) is 11.4 Å². The first kappa shape index (κ1) is 11.2. The molecule has 2 aromatic rings. The molecule has 0 aliphatic rings. The van der Waals surface area contributed by atoms with E-state index in [0.717, 1.165) is 11.4 Å². The van der Waals surface area contributed by atoms with Crippen molar-refractivity contribution < 1.29 is 9.53 Å². The van der Waals surface area contributed by atoms with Gasteiger partial charge in [0.15, 0.2) is 0 Å². The van der Waals surface area contributed by atoms with Crippen molar-refractivity contribution in [2.24, 2.45) is 0 Å². The van der Waals surface area contributed by atoms with Gasteiger partial charge in [-0.15, -0.1) is 11.3 Å². The topological polar surface area (TPSA) is 55.0 Å². The van der Waals surface area contributed by atoms with Gasteiger partial charge >= 0.3 is 5.97 Å². The number of rotatable bonds is 2. The van der Waals surface area contributed by atoms with Gasteiger partial charge in [-0.25, -0.2) is 9.78 Å². The molecule has 2 heterocycles. The maximum absolute atomic E-state index is 11.3. The summed E-state index contributed by atoms with van der Waals surface area (Å²) >= 11 is 7.28. The molecule has 6 heteroatoms. The van der Waals surface area contributed by atoms with Crippen LogP contribution in [-0.4, -0.2) is 23.0 Å². The fourth-order valence-electron chi connectivity index (χ4n) is 1.32. The van der Waals surface area contributed by atoms with E-state index in [2.05, 4.69) is 14.7 Å². The van der Waals surface area contributed by atoms with Crippen molar-refractivity contribution in [1.82, 2.24) is 9.97 Å². The van der Waals surface area contributed by atoms with Crippen molar-refractivity contribution in [3.05, 3.63) is 27.3 Å². The normalized spacial score (nSPS) is 10.4. The van der Waals surface area contributed by atoms with E-state index < -0.39 is 0 Å². The molecule has 0 aliphatic carbocycles. The summed E-state index contributed by atoms with van der Waals surface area (Å²) in [4.78, 5) is 19.0. The first-order valence-corrected chi connectivity index (χ1v) is 5.77. The van der Waals surface area contributed by atoms with E-state index in [4.69, 9.17) is 11.6 Å². The summed E-state index contributed by atoms with van der Waals surface area (Å²) in [6, 6.07) is 1.72. The number of methoxy groups -OCH3 is 1. The van der Waals surface area contributed by atoms with Gasteiger partial charge in [-0.05, 0) is 13.0 Å². The van der Waals surface area contributed by atoms with Crippen LogP contribution in [0.2, 0.25) is 5.15 Å². The first-order chi connectivity index (χ1) is 7.61. The van der Waals surface area contributed by atoms with Crippen molar-refractivity contribution in [3.8, 4) is 11.3 Å². The third kappa shape index (κ3) is 1.96. The van der Waals surface area contributed by atoms with E-state index in [-0.39, 0.29) is 5.97 Å². The van der Waals surface area contributed by atoms with E-state index >= 15 is 0 Å². The second-order valence-corrected chi connectivity index (χ2v) is 4.47. The number of aromatic nitrogens is 2. The van der Waals surface area contributed by atoms with Gasteiger partial charge in [-0.2, -0.15) is 0 Å². The summed E-state index contributed by atoms with van der Waals surface area (Å²) < 4.78 is 4.63. The molecule has 0 fully saturated rings. The van der Waals surface area contributed by atoms with Crippen LogP contribution >= 0.6 is 22.9 Å². The first-order valence-electron chi connectivity index (χ1n) is 4.51. The summed E-state index contributed by atoms with van der Waals surface area (Å²) in [5, 5.41) is 2.31. The second-order valence-electron chi connectivity index (χ2n) is 3.18. The van der Waals surface area contributed by atoms with Crippen molar-refractivity contribution in [3.63, 3.8) is 0 Å². The van der Waals surface area contributed by atoms with Gasteiger partial charge in [0.1, 0.15) is 21.5 Å². The molecule has 0 amide bonds. The number of ether oxygens (including phenoxy) is 1. The molecule has 84 valence electrons. The number of aryl methyl sites for hydroxylation is 1. The molecule has 1 N–H and O–H groups in total. The highest BCUT2D eigenvalue weighted by Gasteiger charge is 2.14. The Labute approximate surface area is 101 Å². The summed E-state index contributed by atoms with van der Waals surface area (Å²) in [5.74, 6) is 0.394. The molecule has 0 saturated carbocycles. The number of nitrogens with one attached hydrogen (secondary N) is 1. The maximum Gasteiger partial charge on any atom is 0.348 e. The lowest BCUT2D eigenvalue weighted by atomic mass is 10.2. The average Bonchev–Trinajstić information content (AvgIpc) is 2.83. The number of carbonyl (C=O) groups excluding carboxylic acids is 1. The Morgan fingerprint density at radius 2 is 2.38 bits per heavy atom. The van der Waals surface area contributed by atoms with Gasteiger partial charge < -0.3 is 9.72 Å². The molecule has 2 rings (SSSR count). The zero-order valence-electron chi connectivity index (χ0n) is 8.70. The molecule has 0 aliphatic heterocycles. The minimum absolute atomic E-state index is 0.348. The smallest absolute Gasteiger partial charge is 0.348 e. The highest BCUT2D eigenvalue weighted by atomic mass is 35.5. The molecular weight excluding hydrogens is 248 g/mol. The zero-order valence-corrected chi connectivity index (χ0v) is 10.3. The van der Waals surface area contributed by atoms with E-state index in [0.29, 0.717) is 15.7 Å². The van der Waals surface area contributed by atoms with Gasteiger partial charge in [0.05, 0.1) is 7.11 Å². The Morgan fingerprint density at radius 1 is 1.62 bits per heavy atom. The number of carbonyl (C=O) groups is 1. The van der Waals surface area contributed by atoms with E-state index in [1.165, 1.54) is 18.4 Å². The molecule has 0 unspecified atom stereocenters. The molecule has 0 aromatic carbocycles. The predicted octanol–water partition coefficient (Wildman–Crippen LogP) is 2.89. The molecule has 0 spiro atoms. The number of esters is 1. The molecule has 16 heavy (non-hydrogen) atoms. The quantitative estimate of drug-likeness (QED) is 0.841. The monoisotopic (exact) mass is 256 g/mol. The van der Waals surface area contributed by atoms with Crippen LogP contribution in [0.1, 0.15) is 15.5 Å². The lowest BCUT2D eigenvalue weighted by Crippen LogP contribution is -1.96. The minimum atomic E-state index is -0.348. The third-order valence-corrected chi connectivity index (χ3v) is 3.22. The van der Waals surface area contributed by atoms with Crippen LogP contribution in [0.3, 0.4) is 0 Å². The fourth-order valence-corrected chi connectivity index (χ4v) is 2.42. The van der Waals surface area contributed by atoms with Crippen molar-refractivity contribution in [2.45, 2.75) is 6.92 Å². The van der Waals surface area contributed by atoms with E-state index in [9.17, 15) is 4.79 Å². The third-order valence-electron chi connectivity index (χ3n) is 2.04. The van der Waals surface area contributed by atoms with Crippen LogP contribution in [0.25, 0.3) is 11.3 Å². The van der Waals surface area contributed by atoms with Gasteiger partial charge in [0, 0.05) is 10.9 Å². The van der Waals surface area contributed by atoms with E-state index in [1.54, 1.807) is 6.07 Å². The Hall–Kier alpha value is -1.33. The van der Waals surface area contributed by atoms with Crippen LogP contribution < -0.4 is 0 Å². The highest BCUT2D eigenvalue weighted by Crippen LogP contribution is 2.29. The lowest BCUT2D eigenvalue weighted by molar-refractivity contribution is 0.0606. The molecule has 2 aromatic heterocycles. The molecule has 0 radical (unpaired) electrons. The summed E-state index contributed by atoms with van der Waals surface area (Å²) in [7, 11) is 1.35. The Bertz CT molecular complexity index is 533. The number of hydrogen-bond acceptors (Lipinski definition) is 4. The highest BCUT2D eigenvalue weighted by molar-refractivity contribution is 7.12. The molecular formula is C10H9ClN2O2S. The minimum Gasteiger partial charge on any atom is -0.465 e. The van der Waals surface area contributed by atoms with Gasteiger partial charge in [0.2, 0.25) is 0 Å². The number of imidazole rings is 1. The van der Waals surface area contributed by atoms with Gasteiger partial charge in [0.25, 0.3) is 0 Å². The molecule has 0 atom stereocenters. The van der Waals surface area contributed by atoms with Crippen LogP contribution in [-0.2, 0) is 4.74 Å². The number of halogens is 1. The van der Waals surface area contributed by atoms with Crippen LogP contribution in [0, 0.1) is 6.92 Å². The van der Waals surface area contributed by atoms with Gasteiger partial charge in [-0.1, -0.05) is 11.6 Å². The lowest BCUT2D eigenvalue weighted by Gasteiger charge is -1.92. The molecule has 0 saturated heterocycles. The number of hydrogen-bond donors (Lipinski definition) is 1. The summed E-state index contributed by atoms with van der Waals surface area (Å²) in [6.45, 7) is 1.82. The summed E-state index contributed by atoms with van der Waals surface area (Å²) in [5.41, 5.74) is 1.48. The molecule has 0 bridgehead atoms. The van der Waals surface area contributed by atoms with E-state index in [1.807, 2.05) is 12.3 Å². The largest absolute Gasteiger partial charge is 0.465 e. The predicted molar refractivity (Wildman–Crippen MR) is 63.0 cm³/mol. The fraction of sp³-hybridized carbons (Fsp3) is 0.200. The maximum atomic E-state index is 11.3. The number of H-pyrrole nitrogens is 1. The average molecular weight is 257 g/mol. The Kier molecular flexibility index (Phi) is 2.98. The SMILES string of the molecule is COC(=O)c1cc(-c2nc(C)[nH]c2Cl)cs1. The number of aromatic amines is 1. The number of thiophene rings is 1. The Morgan fingerprint density at radius 3 is 2.94 bits per heavy atom. The Balaban J connectivity index is 2.38. The van der Waals surface area contributed by atoms with Crippen molar-refractivity contribution in [2.75, 3.05) is 7.11 Å². The number of nitrogens with zero attached hydrogens (tertiary/aromatic N) is 1. The summed E-state index contributed by atoms with van der Waals surface area (Å²) in [6.07, 6.45) is 0.